The van der Waals surface area contributed by atoms with E-state index < -0.39 is 41.5 Å². The van der Waals surface area contributed by atoms with Crippen molar-refractivity contribution in [3.05, 3.63) is 29.6 Å². The van der Waals surface area contributed by atoms with Crippen molar-refractivity contribution in [2.24, 2.45) is 0 Å². The van der Waals surface area contributed by atoms with Gasteiger partial charge in [-0.15, -0.1) is 0 Å². The Morgan fingerprint density at radius 2 is 1.94 bits per heavy atom. The summed E-state index contributed by atoms with van der Waals surface area (Å²) in [4.78, 5) is 24.8. The number of hydrogen-bond acceptors (Lipinski definition) is 3. The molecular formula is C10H10F2N2O3. The molecule has 0 bridgehead atoms. The van der Waals surface area contributed by atoms with Crippen molar-refractivity contribution >= 4 is 11.9 Å². The van der Waals surface area contributed by atoms with E-state index in [4.69, 9.17) is 5.11 Å². The number of rotatable bonds is 4. The first kappa shape index (κ1) is 13.0. The van der Waals surface area contributed by atoms with Gasteiger partial charge < -0.3 is 10.4 Å². The fourth-order valence-corrected chi connectivity index (χ4v) is 1.28. The van der Waals surface area contributed by atoms with Gasteiger partial charge >= 0.3 is 5.97 Å². The molecule has 1 atom stereocenters. The molecule has 1 heterocycles. The number of aliphatic carboxylic acids is 1. The van der Waals surface area contributed by atoms with Crippen LogP contribution in [0.25, 0.3) is 0 Å². The van der Waals surface area contributed by atoms with Crippen molar-refractivity contribution in [1.29, 1.82) is 0 Å². The molecule has 1 aromatic heterocycles. The summed E-state index contributed by atoms with van der Waals surface area (Å²) in [5.41, 5.74) is -0.416. The zero-order chi connectivity index (χ0) is 13.0. The third-order valence-electron chi connectivity index (χ3n) is 2.04. The number of hydrogen-bond donors (Lipinski definition) is 2. The van der Waals surface area contributed by atoms with Crippen LogP contribution in [0.5, 0.6) is 0 Å². The second-order valence-corrected chi connectivity index (χ2v) is 3.38. The summed E-state index contributed by atoms with van der Waals surface area (Å²) in [5, 5.41) is 10.9. The second kappa shape index (κ2) is 5.33. The van der Waals surface area contributed by atoms with Crippen molar-refractivity contribution in [3.63, 3.8) is 0 Å². The maximum atomic E-state index is 13.2. The van der Waals surface area contributed by atoms with Crippen LogP contribution in [0, 0.1) is 11.6 Å². The summed E-state index contributed by atoms with van der Waals surface area (Å²) in [7, 11) is 0. The SMILES string of the molecule is CC(=O)NC(Cc1c(F)cncc1F)C(=O)O. The third kappa shape index (κ3) is 3.47. The maximum absolute atomic E-state index is 13.2. The van der Waals surface area contributed by atoms with Gasteiger partial charge in [0.15, 0.2) is 0 Å². The number of amides is 1. The Morgan fingerprint density at radius 1 is 1.41 bits per heavy atom. The average molecular weight is 244 g/mol. The molecule has 0 aliphatic rings. The smallest absolute Gasteiger partial charge is 0.326 e. The summed E-state index contributed by atoms with van der Waals surface area (Å²) < 4.78 is 26.4. The van der Waals surface area contributed by atoms with E-state index in [1.807, 2.05) is 0 Å². The number of carbonyl (C=O) groups is 2. The second-order valence-electron chi connectivity index (χ2n) is 3.38. The van der Waals surface area contributed by atoms with Crippen LogP contribution in [0.1, 0.15) is 12.5 Å². The maximum Gasteiger partial charge on any atom is 0.326 e. The molecule has 2 N–H and O–H groups in total. The minimum atomic E-state index is -1.38. The molecule has 1 rings (SSSR count). The van der Waals surface area contributed by atoms with Gasteiger partial charge in [0, 0.05) is 18.9 Å². The molecule has 0 radical (unpaired) electrons. The number of carboxylic acid groups (broad SMARTS) is 1. The van der Waals surface area contributed by atoms with Crippen LogP contribution in [0.15, 0.2) is 12.4 Å². The van der Waals surface area contributed by atoms with Crippen molar-refractivity contribution in [1.82, 2.24) is 10.3 Å². The van der Waals surface area contributed by atoms with Crippen LogP contribution in [0.3, 0.4) is 0 Å². The number of pyridine rings is 1. The van der Waals surface area contributed by atoms with Crippen molar-refractivity contribution < 1.29 is 23.5 Å². The molecule has 5 nitrogen and oxygen atoms in total. The van der Waals surface area contributed by atoms with Crippen molar-refractivity contribution in [3.8, 4) is 0 Å². The number of aromatic nitrogens is 1. The van der Waals surface area contributed by atoms with Crippen LogP contribution in [0.2, 0.25) is 0 Å². The predicted octanol–water partition coefficient (Wildman–Crippen LogP) is 0.492. The molecule has 0 spiro atoms. The summed E-state index contributed by atoms with van der Waals surface area (Å²) in [5.74, 6) is -3.84. The van der Waals surface area contributed by atoms with Gasteiger partial charge in [-0.2, -0.15) is 0 Å². The minimum absolute atomic E-state index is 0.416. The zero-order valence-corrected chi connectivity index (χ0v) is 8.91. The summed E-state index contributed by atoms with van der Waals surface area (Å²) >= 11 is 0. The summed E-state index contributed by atoms with van der Waals surface area (Å²) in [6.45, 7) is 1.12. The van der Waals surface area contributed by atoms with E-state index in [-0.39, 0.29) is 0 Å². The van der Waals surface area contributed by atoms with Gasteiger partial charge in [0.05, 0.1) is 12.4 Å². The molecular weight excluding hydrogens is 234 g/mol. The van der Waals surface area contributed by atoms with Gasteiger partial charge in [-0.05, 0) is 0 Å². The fraction of sp³-hybridized carbons (Fsp3) is 0.300. The summed E-state index contributed by atoms with van der Waals surface area (Å²) in [6.07, 6.45) is 1.09. The molecule has 17 heavy (non-hydrogen) atoms. The Bertz CT molecular complexity index is 431. The number of halogens is 2. The van der Waals surface area contributed by atoms with Crippen molar-refractivity contribution in [2.75, 3.05) is 0 Å². The van der Waals surface area contributed by atoms with Gasteiger partial charge in [-0.25, -0.2) is 13.6 Å². The first-order valence-electron chi connectivity index (χ1n) is 4.69. The fourth-order valence-electron chi connectivity index (χ4n) is 1.28. The highest BCUT2D eigenvalue weighted by atomic mass is 19.1. The molecule has 7 heteroatoms. The summed E-state index contributed by atoms with van der Waals surface area (Å²) in [6, 6.07) is -1.38. The van der Waals surface area contributed by atoms with E-state index in [9.17, 15) is 18.4 Å². The molecule has 1 amide bonds. The van der Waals surface area contributed by atoms with Crippen LogP contribution in [-0.4, -0.2) is 28.0 Å². The lowest BCUT2D eigenvalue weighted by molar-refractivity contribution is -0.141. The van der Waals surface area contributed by atoms with Crippen LogP contribution in [0.4, 0.5) is 8.78 Å². The van der Waals surface area contributed by atoms with E-state index >= 15 is 0 Å². The lowest BCUT2D eigenvalue weighted by Gasteiger charge is -2.13. The molecule has 0 aromatic carbocycles. The quantitative estimate of drug-likeness (QED) is 0.807. The van der Waals surface area contributed by atoms with E-state index in [1.54, 1.807) is 0 Å². The van der Waals surface area contributed by atoms with E-state index in [2.05, 4.69) is 10.3 Å². The largest absolute Gasteiger partial charge is 0.480 e. The Kier molecular flexibility index (Phi) is 4.08. The molecule has 92 valence electrons. The van der Waals surface area contributed by atoms with E-state index in [1.165, 1.54) is 0 Å². The first-order valence-corrected chi connectivity index (χ1v) is 4.69. The Labute approximate surface area is 95.5 Å². The Hall–Kier alpha value is -2.05. The van der Waals surface area contributed by atoms with Gasteiger partial charge in [0.1, 0.15) is 17.7 Å². The Balaban J connectivity index is 2.93. The molecule has 0 aliphatic heterocycles. The predicted molar refractivity (Wildman–Crippen MR) is 53.1 cm³/mol. The normalized spacial score (nSPS) is 11.9. The highest BCUT2D eigenvalue weighted by molar-refractivity contribution is 5.82. The molecule has 1 unspecified atom stereocenters. The topological polar surface area (TPSA) is 79.3 Å². The first-order chi connectivity index (χ1) is 7.91. The van der Waals surface area contributed by atoms with E-state index in [0.717, 1.165) is 19.3 Å². The van der Waals surface area contributed by atoms with Crippen LogP contribution < -0.4 is 5.32 Å². The van der Waals surface area contributed by atoms with E-state index in [0.29, 0.717) is 0 Å². The van der Waals surface area contributed by atoms with Crippen LogP contribution in [-0.2, 0) is 16.0 Å². The lowest BCUT2D eigenvalue weighted by atomic mass is 10.1. The lowest BCUT2D eigenvalue weighted by Crippen LogP contribution is -2.41. The zero-order valence-electron chi connectivity index (χ0n) is 8.91. The number of carbonyl (C=O) groups excluding carboxylic acids is 1. The molecule has 0 saturated carbocycles. The minimum Gasteiger partial charge on any atom is -0.480 e. The molecule has 0 aliphatic carbocycles. The molecule has 0 fully saturated rings. The highest BCUT2D eigenvalue weighted by Crippen LogP contribution is 2.12. The standard InChI is InChI=1S/C10H10F2N2O3/c1-5(15)14-9(10(16)17)2-6-7(11)3-13-4-8(6)12/h3-4,9H,2H2,1H3,(H,14,15)(H,16,17). The van der Waals surface area contributed by atoms with Gasteiger partial charge in [0.25, 0.3) is 0 Å². The highest BCUT2D eigenvalue weighted by Gasteiger charge is 2.22. The monoisotopic (exact) mass is 244 g/mol. The average Bonchev–Trinajstić information content (AvgIpc) is 2.21. The third-order valence-corrected chi connectivity index (χ3v) is 2.04. The molecule has 1 aromatic rings. The van der Waals surface area contributed by atoms with Crippen LogP contribution >= 0.6 is 0 Å². The van der Waals surface area contributed by atoms with Gasteiger partial charge in [0.2, 0.25) is 5.91 Å². The number of nitrogens with zero attached hydrogens (tertiary/aromatic N) is 1. The molecule has 0 saturated heterocycles. The Morgan fingerprint density at radius 3 is 2.35 bits per heavy atom. The van der Waals surface area contributed by atoms with Gasteiger partial charge in [-0.3, -0.25) is 9.78 Å². The number of nitrogens with one attached hydrogen (secondary N) is 1. The number of carboxylic acids is 1. The van der Waals surface area contributed by atoms with Gasteiger partial charge in [-0.1, -0.05) is 0 Å². The van der Waals surface area contributed by atoms with Crippen molar-refractivity contribution in [2.45, 2.75) is 19.4 Å².